The van der Waals surface area contributed by atoms with E-state index in [1.54, 1.807) is 6.07 Å². The van der Waals surface area contributed by atoms with Crippen LogP contribution in [0.15, 0.2) is 53.1 Å². The van der Waals surface area contributed by atoms with E-state index in [1.165, 1.54) is 0 Å². The zero-order valence-electron chi connectivity index (χ0n) is 14.1. The summed E-state index contributed by atoms with van der Waals surface area (Å²) in [5.74, 6) is 1.42. The third-order valence-corrected chi connectivity index (χ3v) is 3.74. The van der Waals surface area contributed by atoms with Crippen molar-refractivity contribution in [2.24, 2.45) is 0 Å². The van der Waals surface area contributed by atoms with Crippen LogP contribution in [0.1, 0.15) is 5.69 Å². The number of hydrogen-bond acceptors (Lipinski definition) is 6. The van der Waals surface area contributed by atoms with Crippen LogP contribution in [0.2, 0.25) is 0 Å². The smallest absolute Gasteiger partial charge is 0.208 e. The molecule has 132 valence electrons. The van der Waals surface area contributed by atoms with Crippen LogP contribution in [-0.2, 0) is 0 Å². The maximum Gasteiger partial charge on any atom is 0.208 e. The Bertz CT molecular complexity index is 788. The largest absolute Gasteiger partial charge is 0.492 e. The number of fused-ring (bicyclic) bond motifs is 1. The lowest BCUT2D eigenvalue weighted by atomic mass is 10.2. The number of ether oxygens (including phenoxy) is 2. The molecule has 2 N–H and O–H groups in total. The molecule has 0 bridgehead atoms. The molecule has 2 aromatic carbocycles. The zero-order chi connectivity index (χ0) is 17.5. The van der Waals surface area contributed by atoms with Crippen LogP contribution in [-0.4, -0.2) is 42.7 Å². The van der Waals surface area contributed by atoms with E-state index in [0.29, 0.717) is 31.0 Å². The molecule has 0 saturated carbocycles. The van der Waals surface area contributed by atoms with Crippen molar-refractivity contribution in [3.63, 3.8) is 0 Å². The second-order valence-electron chi connectivity index (χ2n) is 5.73. The Morgan fingerprint density at radius 2 is 1.96 bits per heavy atom. The summed E-state index contributed by atoms with van der Waals surface area (Å²) in [6.07, 6.45) is -0.629. The number of benzene rings is 2. The van der Waals surface area contributed by atoms with Gasteiger partial charge in [-0.1, -0.05) is 29.4 Å². The maximum absolute atomic E-state index is 10.0. The molecular formula is C19H22N2O4. The molecule has 0 amide bonds. The normalized spacial score (nSPS) is 12.2. The fraction of sp³-hybridized carbons (Fsp3) is 0.316. The van der Waals surface area contributed by atoms with Crippen LogP contribution < -0.4 is 14.8 Å². The van der Waals surface area contributed by atoms with Crippen LogP contribution in [0.3, 0.4) is 0 Å². The Balaban J connectivity index is 1.37. The first kappa shape index (κ1) is 17.3. The van der Waals surface area contributed by atoms with E-state index in [4.69, 9.17) is 14.0 Å². The van der Waals surface area contributed by atoms with Crippen molar-refractivity contribution in [3.8, 4) is 11.5 Å². The van der Waals surface area contributed by atoms with E-state index in [1.807, 2.05) is 49.4 Å². The van der Waals surface area contributed by atoms with Gasteiger partial charge < -0.3 is 24.4 Å². The van der Waals surface area contributed by atoms with Crippen LogP contribution in [0.5, 0.6) is 11.5 Å². The summed E-state index contributed by atoms with van der Waals surface area (Å²) in [5, 5.41) is 18.0. The van der Waals surface area contributed by atoms with E-state index < -0.39 is 6.10 Å². The van der Waals surface area contributed by atoms with Crippen molar-refractivity contribution in [2.75, 3.05) is 26.3 Å². The van der Waals surface area contributed by atoms with E-state index in [2.05, 4.69) is 10.5 Å². The minimum atomic E-state index is -0.629. The average Bonchev–Trinajstić information content (AvgIpc) is 3.02. The minimum Gasteiger partial charge on any atom is -0.492 e. The van der Waals surface area contributed by atoms with E-state index in [0.717, 1.165) is 16.8 Å². The van der Waals surface area contributed by atoms with Gasteiger partial charge in [-0.3, -0.25) is 0 Å². The highest BCUT2D eigenvalue weighted by Gasteiger charge is 2.11. The van der Waals surface area contributed by atoms with Crippen molar-refractivity contribution in [3.05, 3.63) is 54.2 Å². The lowest BCUT2D eigenvalue weighted by Crippen LogP contribution is -2.33. The van der Waals surface area contributed by atoms with Gasteiger partial charge in [0.2, 0.25) is 5.58 Å². The average molecular weight is 342 g/mol. The van der Waals surface area contributed by atoms with Gasteiger partial charge in [0.25, 0.3) is 0 Å². The number of para-hydroxylation sites is 2. The van der Waals surface area contributed by atoms with Crippen molar-refractivity contribution in [2.45, 2.75) is 13.0 Å². The number of aryl methyl sites for hydroxylation is 1. The summed E-state index contributed by atoms with van der Waals surface area (Å²) in [4.78, 5) is 0. The topological polar surface area (TPSA) is 76.8 Å². The standard InChI is InChI=1S/C19H22N2O4/c1-14-17-8-5-9-18(19(17)25-21-14)24-13-15(22)12-20-10-11-23-16-6-3-2-4-7-16/h2-9,15,20,22H,10-13H2,1H3. The number of hydrogen-bond donors (Lipinski definition) is 2. The third-order valence-electron chi connectivity index (χ3n) is 3.74. The molecular weight excluding hydrogens is 320 g/mol. The summed E-state index contributed by atoms with van der Waals surface area (Å²) in [7, 11) is 0. The Labute approximate surface area is 146 Å². The van der Waals surface area contributed by atoms with Crippen molar-refractivity contribution < 1.29 is 19.1 Å². The van der Waals surface area contributed by atoms with Gasteiger partial charge in [-0.2, -0.15) is 0 Å². The maximum atomic E-state index is 10.0. The van der Waals surface area contributed by atoms with Crippen molar-refractivity contribution in [1.82, 2.24) is 10.5 Å². The first-order valence-electron chi connectivity index (χ1n) is 8.28. The van der Waals surface area contributed by atoms with Gasteiger partial charge in [0.1, 0.15) is 25.1 Å². The summed E-state index contributed by atoms with van der Waals surface area (Å²) >= 11 is 0. The monoisotopic (exact) mass is 342 g/mol. The number of aliphatic hydroxyl groups is 1. The van der Waals surface area contributed by atoms with E-state index in [9.17, 15) is 5.11 Å². The molecule has 1 aromatic heterocycles. The molecule has 3 aromatic rings. The predicted molar refractivity (Wildman–Crippen MR) is 95.1 cm³/mol. The van der Waals surface area contributed by atoms with E-state index in [-0.39, 0.29) is 6.61 Å². The number of aromatic nitrogens is 1. The highest BCUT2D eigenvalue weighted by Crippen LogP contribution is 2.27. The molecule has 0 saturated heterocycles. The number of nitrogens with zero attached hydrogens (tertiary/aromatic N) is 1. The third kappa shape index (κ3) is 4.71. The molecule has 0 spiro atoms. The molecule has 1 heterocycles. The minimum absolute atomic E-state index is 0.172. The molecule has 6 nitrogen and oxygen atoms in total. The molecule has 0 aliphatic heterocycles. The lowest BCUT2D eigenvalue weighted by Gasteiger charge is -2.13. The van der Waals surface area contributed by atoms with Gasteiger partial charge in [-0.25, -0.2) is 0 Å². The quantitative estimate of drug-likeness (QED) is 0.582. The zero-order valence-corrected chi connectivity index (χ0v) is 14.1. The Hall–Kier alpha value is -2.57. The Morgan fingerprint density at radius 3 is 2.80 bits per heavy atom. The van der Waals surface area contributed by atoms with Crippen LogP contribution in [0.25, 0.3) is 11.0 Å². The summed E-state index contributed by atoms with van der Waals surface area (Å²) in [6, 6.07) is 15.2. The molecule has 0 radical (unpaired) electrons. The lowest BCUT2D eigenvalue weighted by molar-refractivity contribution is 0.105. The first-order chi connectivity index (χ1) is 12.2. The molecule has 6 heteroatoms. The van der Waals surface area contributed by atoms with Crippen LogP contribution in [0.4, 0.5) is 0 Å². The van der Waals surface area contributed by atoms with E-state index >= 15 is 0 Å². The molecule has 0 aliphatic rings. The summed E-state index contributed by atoms with van der Waals surface area (Å²) in [6.45, 7) is 3.65. The fourth-order valence-corrected chi connectivity index (χ4v) is 2.44. The van der Waals surface area contributed by atoms with Crippen LogP contribution >= 0.6 is 0 Å². The second-order valence-corrected chi connectivity index (χ2v) is 5.73. The number of nitrogens with one attached hydrogen (secondary N) is 1. The molecule has 0 aliphatic carbocycles. The van der Waals surface area contributed by atoms with Gasteiger partial charge in [-0.05, 0) is 31.2 Å². The molecule has 1 atom stereocenters. The van der Waals surface area contributed by atoms with Crippen molar-refractivity contribution >= 4 is 11.0 Å². The van der Waals surface area contributed by atoms with Gasteiger partial charge in [0.15, 0.2) is 5.75 Å². The summed E-state index contributed by atoms with van der Waals surface area (Å²) < 4.78 is 16.5. The number of aliphatic hydroxyl groups excluding tert-OH is 1. The predicted octanol–water partition coefficient (Wildman–Crippen LogP) is 2.54. The molecule has 3 rings (SSSR count). The molecule has 1 unspecified atom stereocenters. The fourth-order valence-electron chi connectivity index (χ4n) is 2.44. The van der Waals surface area contributed by atoms with Gasteiger partial charge in [0, 0.05) is 18.5 Å². The highest BCUT2D eigenvalue weighted by atomic mass is 16.5. The highest BCUT2D eigenvalue weighted by molar-refractivity contribution is 5.84. The Kier molecular flexibility index (Phi) is 5.87. The SMILES string of the molecule is Cc1noc2c(OCC(O)CNCCOc3ccccc3)cccc12. The summed E-state index contributed by atoms with van der Waals surface area (Å²) in [5.41, 5.74) is 1.43. The second kappa shape index (κ2) is 8.50. The molecule has 0 fully saturated rings. The van der Waals surface area contributed by atoms with Crippen LogP contribution in [0, 0.1) is 6.92 Å². The number of rotatable bonds is 9. The Morgan fingerprint density at radius 1 is 1.12 bits per heavy atom. The van der Waals surface area contributed by atoms with Gasteiger partial charge in [-0.15, -0.1) is 0 Å². The van der Waals surface area contributed by atoms with Gasteiger partial charge in [0.05, 0.1) is 5.69 Å². The van der Waals surface area contributed by atoms with Crippen molar-refractivity contribution in [1.29, 1.82) is 0 Å². The molecule has 25 heavy (non-hydrogen) atoms. The first-order valence-corrected chi connectivity index (χ1v) is 8.28. The van der Waals surface area contributed by atoms with Gasteiger partial charge >= 0.3 is 0 Å².